The molecule has 0 amide bonds. The summed E-state index contributed by atoms with van der Waals surface area (Å²) in [5, 5.41) is 9.38. The lowest BCUT2D eigenvalue weighted by atomic mass is 10.1. The SMILES string of the molecule is COc1c(O)c(F)cc(Br)c1C(C)N. The first-order valence-corrected chi connectivity index (χ1v) is 4.78. The fraction of sp³-hybridized carbons (Fsp3) is 0.333. The lowest BCUT2D eigenvalue weighted by Gasteiger charge is -2.15. The normalized spacial score (nSPS) is 12.6. The first kappa shape index (κ1) is 11.3. The standard InChI is InChI=1S/C9H11BrFNO2/c1-4(12)7-5(10)3-6(11)8(13)9(7)14-2/h3-4,13H,12H2,1-2H3. The highest BCUT2D eigenvalue weighted by Gasteiger charge is 2.19. The number of aromatic hydroxyl groups is 1. The zero-order chi connectivity index (χ0) is 10.9. The van der Waals surface area contributed by atoms with E-state index in [1.165, 1.54) is 7.11 Å². The summed E-state index contributed by atoms with van der Waals surface area (Å²) in [5.74, 6) is -1.17. The Balaban J connectivity index is 3.47. The summed E-state index contributed by atoms with van der Waals surface area (Å²) in [6, 6.07) is 0.808. The molecule has 1 aromatic rings. The number of rotatable bonds is 2. The van der Waals surface area contributed by atoms with Gasteiger partial charge in [-0.25, -0.2) is 4.39 Å². The van der Waals surface area contributed by atoms with Crippen molar-refractivity contribution in [1.82, 2.24) is 0 Å². The molecule has 0 fully saturated rings. The van der Waals surface area contributed by atoms with Gasteiger partial charge in [-0.15, -0.1) is 0 Å². The molecule has 0 spiro atoms. The molecule has 1 rings (SSSR count). The molecular formula is C9H11BrFNO2. The van der Waals surface area contributed by atoms with Crippen LogP contribution in [0.5, 0.6) is 11.5 Å². The Labute approximate surface area is 89.8 Å². The van der Waals surface area contributed by atoms with Gasteiger partial charge in [0.05, 0.1) is 7.11 Å². The molecule has 0 bridgehead atoms. The van der Waals surface area contributed by atoms with E-state index in [9.17, 15) is 9.50 Å². The maximum atomic E-state index is 13.1. The molecule has 5 heteroatoms. The van der Waals surface area contributed by atoms with Crippen molar-refractivity contribution in [1.29, 1.82) is 0 Å². The van der Waals surface area contributed by atoms with Crippen LogP contribution in [-0.2, 0) is 0 Å². The number of phenols is 1. The third-order valence-electron chi connectivity index (χ3n) is 1.86. The van der Waals surface area contributed by atoms with Crippen LogP contribution in [-0.4, -0.2) is 12.2 Å². The third kappa shape index (κ3) is 1.83. The van der Waals surface area contributed by atoms with Crippen LogP contribution in [0.2, 0.25) is 0 Å². The molecule has 0 saturated carbocycles. The molecular weight excluding hydrogens is 253 g/mol. The van der Waals surface area contributed by atoms with Crippen molar-refractivity contribution in [3.63, 3.8) is 0 Å². The number of ether oxygens (including phenoxy) is 1. The second-order valence-corrected chi connectivity index (χ2v) is 3.78. The minimum atomic E-state index is -0.738. The summed E-state index contributed by atoms with van der Waals surface area (Å²) < 4.78 is 18.5. The van der Waals surface area contributed by atoms with E-state index in [1.54, 1.807) is 6.92 Å². The molecule has 3 nitrogen and oxygen atoms in total. The molecule has 14 heavy (non-hydrogen) atoms. The Morgan fingerprint density at radius 2 is 2.21 bits per heavy atom. The number of benzene rings is 1. The Morgan fingerprint density at radius 1 is 1.64 bits per heavy atom. The van der Waals surface area contributed by atoms with Gasteiger partial charge in [0, 0.05) is 16.1 Å². The van der Waals surface area contributed by atoms with Crippen molar-refractivity contribution in [2.75, 3.05) is 7.11 Å². The van der Waals surface area contributed by atoms with E-state index in [0.717, 1.165) is 6.07 Å². The quantitative estimate of drug-likeness (QED) is 0.861. The molecule has 0 heterocycles. The van der Waals surface area contributed by atoms with E-state index in [4.69, 9.17) is 10.5 Å². The van der Waals surface area contributed by atoms with E-state index in [1.807, 2.05) is 0 Å². The molecule has 1 aromatic carbocycles. The predicted molar refractivity (Wildman–Crippen MR) is 54.9 cm³/mol. The fourth-order valence-electron chi connectivity index (χ4n) is 1.23. The van der Waals surface area contributed by atoms with Gasteiger partial charge in [0.2, 0.25) is 0 Å². The molecule has 0 aliphatic heterocycles. The topological polar surface area (TPSA) is 55.5 Å². The van der Waals surface area contributed by atoms with Gasteiger partial charge in [-0.1, -0.05) is 15.9 Å². The Kier molecular flexibility index (Phi) is 3.34. The molecule has 1 unspecified atom stereocenters. The molecule has 1 atom stereocenters. The third-order valence-corrected chi connectivity index (χ3v) is 2.51. The molecule has 78 valence electrons. The van der Waals surface area contributed by atoms with Crippen LogP contribution in [0.1, 0.15) is 18.5 Å². The van der Waals surface area contributed by atoms with E-state index < -0.39 is 11.6 Å². The largest absolute Gasteiger partial charge is 0.502 e. The summed E-state index contributed by atoms with van der Waals surface area (Å²) in [5.41, 5.74) is 6.21. The van der Waals surface area contributed by atoms with Crippen LogP contribution in [0.4, 0.5) is 4.39 Å². The molecule has 0 saturated heterocycles. The minimum absolute atomic E-state index is 0.0758. The van der Waals surface area contributed by atoms with Crippen molar-refractivity contribution in [3.8, 4) is 11.5 Å². The number of hydrogen-bond acceptors (Lipinski definition) is 3. The number of methoxy groups -OCH3 is 1. The zero-order valence-electron chi connectivity index (χ0n) is 7.84. The van der Waals surface area contributed by atoms with Crippen LogP contribution in [0, 0.1) is 5.82 Å². The Morgan fingerprint density at radius 3 is 2.64 bits per heavy atom. The summed E-state index contributed by atoms with van der Waals surface area (Å²) in [4.78, 5) is 0. The average Bonchev–Trinajstić information content (AvgIpc) is 2.09. The van der Waals surface area contributed by atoms with Crippen molar-refractivity contribution >= 4 is 15.9 Å². The second kappa shape index (κ2) is 4.14. The highest BCUT2D eigenvalue weighted by atomic mass is 79.9. The smallest absolute Gasteiger partial charge is 0.194 e. The van der Waals surface area contributed by atoms with Crippen LogP contribution in [0.15, 0.2) is 10.5 Å². The van der Waals surface area contributed by atoms with E-state index >= 15 is 0 Å². The minimum Gasteiger partial charge on any atom is -0.502 e. The number of halogens is 2. The van der Waals surface area contributed by atoms with Gasteiger partial charge < -0.3 is 15.6 Å². The number of nitrogens with two attached hydrogens (primary N) is 1. The van der Waals surface area contributed by atoms with E-state index in [-0.39, 0.29) is 11.8 Å². The fourth-order valence-corrected chi connectivity index (χ4v) is 1.97. The lowest BCUT2D eigenvalue weighted by molar-refractivity contribution is 0.351. The van der Waals surface area contributed by atoms with Gasteiger partial charge in [-0.2, -0.15) is 0 Å². The van der Waals surface area contributed by atoms with Crippen molar-refractivity contribution in [2.45, 2.75) is 13.0 Å². The summed E-state index contributed by atoms with van der Waals surface area (Å²) in [6.45, 7) is 1.72. The maximum absolute atomic E-state index is 13.1. The zero-order valence-corrected chi connectivity index (χ0v) is 9.43. The van der Waals surface area contributed by atoms with Crippen molar-refractivity contribution < 1.29 is 14.2 Å². The van der Waals surface area contributed by atoms with Crippen molar-refractivity contribution in [2.24, 2.45) is 5.73 Å². The van der Waals surface area contributed by atoms with Gasteiger partial charge in [-0.05, 0) is 13.0 Å². The predicted octanol–water partition coefficient (Wildman–Crippen LogP) is 2.32. The molecule has 0 aliphatic rings. The lowest BCUT2D eigenvalue weighted by Crippen LogP contribution is -2.08. The van der Waals surface area contributed by atoms with Gasteiger partial charge in [-0.3, -0.25) is 0 Å². The summed E-state index contributed by atoms with van der Waals surface area (Å²) in [6.07, 6.45) is 0. The molecule has 0 radical (unpaired) electrons. The van der Waals surface area contributed by atoms with Gasteiger partial charge in [0.15, 0.2) is 17.3 Å². The van der Waals surface area contributed by atoms with Gasteiger partial charge in [0.25, 0.3) is 0 Å². The highest BCUT2D eigenvalue weighted by Crippen LogP contribution is 2.40. The van der Waals surface area contributed by atoms with E-state index in [0.29, 0.717) is 10.0 Å². The van der Waals surface area contributed by atoms with E-state index in [2.05, 4.69) is 15.9 Å². The molecule has 0 aliphatic carbocycles. The maximum Gasteiger partial charge on any atom is 0.194 e. The summed E-state index contributed by atoms with van der Waals surface area (Å²) in [7, 11) is 1.35. The van der Waals surface area contributed by atoms with Gasteiger partial charge >= 0.3 is 0 Å². The van der Waals surface area contributed by atoms with Crippen LogP contribution < -0.4 is 10.5 Å². The Hall–Kier alpha value is -0.810. The van der Waals surface area contributed by atoms with Crippen LogP contribution in [0.3, 0.4) is 0 Å². The second-order valence-electron chi connectivity index (χ2n) is 2.92. The number of phenolic OH excluding ortho intramolecular Hbond substituents is 1. The first-order chi connectivity index (χ1) is 6.49. The average molecular weight is 264 g/mol. The van der Waals surface area contributed by atoms with Crippen molar-refractivity contribution in [3.05, 3.63) is 21.9 Å². The monoisotopic (exact) mass is 263 g/mol. The van der Waals surface area contributed by atoms with Crippen LogP contribution >= 0.6 is 15.9 Å². The molecule has 0 aromatic heterocycles. The molecule has 3 N–H and O–H groups in total. The number of hydrogen-bond donors (Lipinski definition) is 2. The summed E-state index contributed by atoms with van der Waals surface area (Å²) >= 11 is 3.16. The van der Waals surface area contributed by atoms with Crippen LogP contribution in [0.25, 0.3) is 0 Å². The van der Waals surface area contributed by atoms with Gasteiger partial charge in [0.1, 0.15) is 0 Å². The highest BCUT2D eigenvalue weighted by molar-refractivity contribution is 9.10. The first-order valence-electron chi connectivity index (χ1n) is 3.99. The Bertz CT molecular complexity index is 355.